The van der Waals surface area contributed by atoms with Crippen molar-refractivity contribution in [1.29, 1.82) is 0 Å². The maximum Gasteiger partial charge on any atom is 0.344 e. The van der Waals surface area contributed by atoms with Crippen molar-refractivity contribution in [2.45, 2.75) is 195 Å². The Labute approximate surface area is 458 Å². The molecule has 12 rings (SSSR count). The van der Waals surface area contributed by atoms with Gasteiger partial charge in [0.25, 0.3) is 0 Å². The molecule has 6 saturated carbocycles. The SMILES string of the molecule is CCC(C)(C)C(=O)OCC(=O)OCC(=O)OC1C2CC3CC(C2)C(=O)OC1C3.CCC(C)(C)C(=O)OCCOC(=O)COC1C2CC3CC(C2)C(=O)OC1C3.CCC(C)(C)C(=O)OCCOC1C2CC3CC(C2)C(=O)OC1C3. The molecular formula is C58H86O20. The Morgan fingerprint density at radius 3 is 1.21 bits per heavy atom. The van der Waals surface area contributed by atoms with Crippen molar-refractivity contribution in [2.75, 3.05) is 46.2 Å². The van der Waals surface area contributed by atoms with Crippen LogP contribution in [0.2, 0.25) is 0 Å². The van der Waals surface area contributed by atoms with Crippen molar-refractivity contribution >= 4 is 53.7 Å². The van der Waals surface area contributed by atoms with Crippen molar-refractivity contribution in [2.24, 2.45) is 69.5 Å². The van der Waals surface area contributed by atoms with E-state index in [-0.39, 0.29) is 110 Å². The number of carbonyl (C=O) groups is 9. The number of hydrogen-bond acceptors (Lipinski definition) is 20. The summed E-state index contributed by atoms with van der Waals surface area (Å²) in [5.74, 6) is -1.02. The summed E-state index contributed by atoms with van der Waals surface area (Å²) in [4.78, 5) is 108. The van der Waals surface area contributed by atoms with E-state index >= 15 is 0 Å². The Balaban J connectivity index is 0.000000170. The summed E-state index contributed by atoms with van der Waals surface area (Å²) in [6.07, 6.45) is 11.1. The first-order chi connectivity index (χ1) is 36.9. The number of fused-ring (bicyclic) bond motifs is 3. The van der Waals surface area contributed by atoms with Crippen LogP contribution in [-0.4, -0.2) is 137 Å². The van der Waals surface area contributed by atoms with Crippen molar-refractivity contribution in [3.8, 4) is 0 Å². The zero-order chi connectivity index (χ0) is 56.7. The number of carbonyl (C=O) groups excluding carboxylic acids is 9. The van der Waals surface area contributed by atoms with Gasteiger partial charge in [0.2, 0.25) is 0 Å². The fraction of sp³-hybridized carbons (Fsp3) is 0.845. The predicted octanol–water partition coefficient (Wildman–Crippen LogP) is 6.75. The van der Waals surface area contributed by atoms with Gasteiger partial charge in [-0.25, -0.2) is 14.4 Å². The Morgan fingerprint density at radius 2 is 0.756 bits per heavy atom. The maximum absolute atomic E-state index is 12.1. The van der Waals surface area contributed by atoms with Crippen LogP contribution in [0.25, 0.3) is 0 Å². The van der Waals surface area contributed by atoms with E-state index in [2.05, 4.69) is 0 Å². The Hall–Kier alpha value is -4.85. The largest absolute Gasteiger partial charge is 0.463 e. The van der Waals surface area contributed by atoms with Crippen LogP contribution in [-0.2, 0) is 95.3 Å². The molecule has 0 aromatic rings. The first kappa shape index (κ1) is 60.8. The molecule has 6 aliphatic heterocycles. The quantitative estimate of drug-likeness (QED) is 0.0654. The second-order valence-electron chi connectivity index (χ2n) is 25.2. The molecule has 15 unspecified atom stereocenters. The van der Waals surface area contributed by atoms with Crippen LogP contribution < -0.4 is 0 Å². The van der Waals surface area contributed by atoms with Gasteiger partial charge in [0.05, 0.1) is 52.8 Å². The molecule has 0 N–H and O–H groups in total. The number of rotatable bonds is 21. The molecule has 6 saturated heterocycles. The van der Waals surface area contributed by atoms with Crippen molar-refractivity contribution in [1.82, 2.24) is 0 Å². The van der Waals surface area contributed by atoms with Crippen LogP contribution in [0.1, 0.15) is 159 Å². The molecule has 6 aliphatic carbocycles. The molecule has 78 heavy (non-hydrogen) atoms. The number of esters is 9. The number of hydrogen-bond donors (Lipinski definition) is 0. The molecule has 6 heterocycles. The Kier molecular flexibility index (Phi) is 20.4. The molecule has 12 aliphatic rings. The maximum atomic E-state index is 12.1. The monoisotopic (exact) mass is 1100 g/mol. The molecule has 0 spiro atoms. The second-order valence-corrected chi connectivity index (χ2v) is 25.2. The molecular weight excluding hydrogens is 1020 g/mol. The van der Waals surface area contributed by atoms with Crippen LogP contribution in [0.15, 0.2) is 0 Å². The summed E-state index contributed by atoms with van der Waals surface area (Å²) in [5.41, 5.74) is -1.67. The van der Waals surface area contributed by atoms with E-state index in [1.807, 2.05) is 48.5 Å². The van der Waals surface area contributed by atoms with E-state index < -0.39 is 65.5 Å². The summed E-state index contributed by atoms with van der Waals surface area (Å²) in [6.45, 7) is 16.0. The molecule has 0 radical (unpaired) electrons. The van der Waals surface area contributed by atoms with Crippen LogP contribution in [0, 0.1) is 69.5 Å². The summed E-state index contributed by atoms with van der Waals surface area (Å²) in [6, 6.07) is 0. The lowest BCUT2D eigenvalue weighted by Crippen LogP contribution is -2.45. The highest BCUT2D eigenvalue weighted by Gasteiger charge is 2.54. The van der Waals surface area contributed by atoms with Crippen LogP contribution in [0.5, 0.6) is 0 Å². The zero-order valence-corrected chi connectivity index (χ0v) is 47.4. The van der Waals surface area contributed by atoms with Crippen molar-refractivity contribution in [3.05, 3.63) is 0 Å². The first-order valence-corrected chi connectivity index (χ1v) is 28.8. The summed E-state index contributed by atoms with van der Waals surface area (Å²) in [7, 11) is 0. The van der Waals surface area contributed by atoms with Gasteiger partial charge in [-0.05, 0) is 167 Å². The van der Waals surface area contributed by atoms with Crippen LogP contribution in [0.3, 0.4) is 0 Å². The van der Waals surface area contributed by atoms with Gasteiger partial charge in [-0.15, -0.1) is 0 Å². The second kappa shape index (κ2) is 26.2. The highest BCUT2D eigenvalue weighted by atomic mass is 16.6. The van der Waals surface area contributed by atoms with Gasteiger partial charge in [0.15, 0.2) is 13.2 Å². The van der Waals surface area contributed by atoms with Crippen molar-refractivity contribution in [3.63, 3.8) is 0 Å². The summed E-state index contributed by atoms with van der Waals surface area (Å²) >= 11 is 0. The Bertz CT molecular complexity index is 2180. The van der Waals surface area contributed by atoms with Gasteiger partial charge in [0, 0.05) is 5.92 Å². The number of ether oxygens (including phenoxy) is 11. The van der Waals surface area contributed by atoms with Gasteiger partial charge < -0.3 is 52.1 Å². The minimum atomic E-state index is -0.814. The van der Waals surface area contributed by atoms with Gasteiger partial charge in [-0.1, -0.05) is 20.8 Å². The average molecular weight is 1100 g/mol. The molecule has 12 bridgehead atoms. The minimum Gasteiger partial charge on any atom is -0.463 e. The smallest absolute Gasteiger partial charge is 0.344 e. The third-order valence-corrected chi connectivity index (χ3v) is 18.4. The highest BCUT2D eigenvalue weighted by Crippen LogP contribution is 2.51. The minimum absolute atomic E-state index is 0.00435. The molecule has 0 aromatic heterocycles. The molecule has 20 nitrogen and oxygen atoms in total. The topological polar surface area (TPSA) is 255 Å². The van der Waals surface area contributed by atoms with E-state index in [1.165, 1.54) is 0 Å². The fourth-order valence-electron chi connectivity index (χ4n) is 12.8. The molecule has 20 heteroatoms. The van der Waals surface area contributed by atoms with Crippen LogP contribution >= 0.6 is 0 Å². The van der Waals surface area contributed by atoms with Gasteiger partial charge in [0.1, 0.15) is 50.8 Å². The lowest BCUT2D eigenvalue weighted by Gasteiger charge is -2.41. The van der Waals surface area contributed by atoms with E-state index in [0.29, 0.717) is 56.0 Å². The van der Waals surface area contributed by atoms with E-state index in [0.717, 1.165) is 70.6 Å². The predicted molar refractivity (Wildman–Crippen MR) is 273 cm³/mol. The van der Waals surface area contributed by atoms with Gasteiger partial charge >= 0.3 is 53.7 Å². The third-order valence-electron chi connectivity index (χ3n) is 18.4. The van der Waals surface area contributed by atoms with Gasteiger partial charge in [-0.2, -0.15) is 0 Å². The van der Waals surface area contributed by atoms with E-state index in [1.54, 1.807) is 13.8 Å². The lowest BCUT2D eigenvalue weighted by atomic mass is 9.67. The van der Waals surface area contributed by atoms with Crippen LogP contribution in [0.4, 0.5) is 0 Å². The first-order valence-electron chi connectivity index (χ1n) is 28.8. The molecule has 438 valence electrons. The lowest BCUT2D eigenvalue weighted by molar-refractivity contribution is -0.180. The summed E-state index contributed by atoms with van der Waals surface area (Å²) in [5, 5.41) is 0. The third kappa shape index (κ3) is 15.3. The highest BCUT2D eigenvalue weighted by molar-refractivity contribution is 5.81. The average Bonchev–Trinajstić information content (AvgIpc) is 3.78. The molecule has 15 atom stereocenters. The molecule has 0 amide bonds. The van der Waals surface area contributed by atoms with Crippen molar-refractivity contribution < 1.29 is 95.3 Å². The normalized spacial score (nSPS) is 32.7. The molecule has 0 aromatic carbocycles. The van der Waals surface area contributed by atoms with E-state index in [4.69, 9.17) is 52.1 Å². The zero-order valence-electron chi connectivity index (χ0n) is 47.4. The fourth-order valence-corrected chi connectivity index (χ4v) is 12.8. The summed E-state index contributed by atoms with van der Waals surface area (Å²) < 4.78 is 59.3. The van der Waals surface area contributed by atoms with Gasteiger partial charge in [-0.3, -0.25) is 28.8 Å². The Morgan fingerprint density at radius 1 is 0.397 bits per heavy atom. The molecule has 12 fully saturated rings. The standard InChI is InChI=1S/C20H28O8.C20H30O7.C18H28O5/c1-4-20(2,3)19(24)26-9-15(21)25-10-16(22)28-17-12-5-11-6-13(8-12)18(23)27-14(17)7-11;1-4-20(2,3)19(23)25-6-5-24-16(21)11-26-17-13-7-12-8-14(10-13)18(22)27-15(17)9-12;1-4-18(2,3)17(20)22-6-5-21-15-12-7-11-8-13(10-12)16(19)23-14(15)9-11/h11-14,17H,4-10H2,1-3H3;12-15,17H,4-11H2,1-3H3;11-15H,4-10H2,1-3H3. The van der Waals surface area contributed by atoms with E-state index in [9.17, 15) is 43.2 Å².